The summed E-state index contributed by atoms with van der Waals surface area (Å²) in [7, 11) is 0. The largest absolute Gasteiger partial charge is 0.393 e. The Labute approximate surface area is 130 Å². The first-order chi connectivity index (χ1) is 10.0. The van der Waals surface area contributed by atoms with Crippen molar-refractivity contribution >= 4 is 23.2 Å². The molecule has 3 rings (SSSR count). The third-order valence-electron chi connectivity index (χ3n) is 4.70. The lowest BCUT2D eigenvalue weighted by atomic mass is 9.98. The number of hydrogen-bond acceptors (Lipinski definition) is 3. The van der Waals surface area contributed by atoms with Crippen LogP contribution in [0, 0.1) is 0 Å². The maximum Gasteiger partial charge on any atom is 0.241 e. The quantitative estimate of drug-likeness (QED) is 0.902. The second-order valence-electron chi connectivity index (χ2n) is 6.13. The maximum atomic E-state index is 12.4. The molecule has 2 bridgehead atoms. The minimum absolute atomic E-state index is 0.00520. The van der Waals surface area contributed by atoms with E-state index in [0.29, 0.717) is 17.1 Å². The van der Waals surface area contributed by atoms with Gasteiger partial charge < -0.3 is 10.4 Å². The van der Waals surface area contributed by atoms with Crippen LogP contribution in [0.15, 0.2) is 24.3 Å². The lowest BCUT2D eigenvalue weighted by Crippen LogP contribution is -2.53. The average molecular weight is 309 g/mol. The summed E-state index contributed by atoms with van der Waals surface area (Å²) in [5.74, 6) is 0.00520. The van der Waals surface area contributed by atoms with Gasteiger partial charge in [-0.1, -0.05) is 11.6 Å². The van der Waals surface area contributed by atoms with Gasteiger partial charge in [-0.2, -0.15) is 0 Å². The van der Waals surface area contributed by atoms with Crippen LogP contribution >= 0.6 is 11.6 Å². The summed E-state index contributed by atoms with van der Waals surface area (Å²) in [6.45, 7) is 1.95. The zero-order valence-electron chi connectivity index (χ0n) is 12.1. The summed E-state index contributed by atoms with van der Waals surface area (Å²) in [5.41, 5.74) is 0.764. The molecule has 3 unspecified atom stereocenters. The van der Waals surface area contributed by atoms with Crippen molar-refractivity contribution in [1.82, 2.24) is 4.90 Å². The van der Waals surface area contributed by atoms with Crippen LogP contribution in [0.25, 0.3) is 0 Å². The molecule has 1 amide bonds. The number of aliphatic hydroxyl groups excluding tert-OH is 1. The number of anilines is 1. The number of piperidine rings is 1. The lowest BCUT2D eigenvalue weighted by molar-refractivity contribution is -0.123. The summed E-state index contributed by atoms with van der Waals surface area (Å²) in [6, 6.07) is 7.65. The number of aliphatic hydroxyl groups is 1. The maximum absolute atomic E-state index is 12.4. The van der Waals surface area contributed by atoms with E-state index in [1.165, 1.54) is 0 Å². The van der Waals surface area contributed by atoms with Gasteiger partial charge in [-0.15, -0.1) is 0 Å². The van der Waals surface area contributed by atoms with Crippen LogP contribution in [0.3, 0.4) is 0 Å². The molecule has 3 atom stereocenters. The number of halogens is 1. The van der Waals surface area contributed by atoms with Crippen molar-refractivity contribution < 1.29 is 9.90 Å². The van der Waals surface area contributed by atoms with Gasteiger partial charge in [0, 0.05) is 22.8 Å². The summed E-state index contributed by atoms with van der Waals surface area (Å²) in [6.07, 6.45) is 3.54. The summed E-state index contributed by atoms with van der Waals surface area (Å²) in [5, 5.41) is 13.5. The Morgan fingerprint density at radius 2 is 1.86 bits per heavy atom. The van der Waals surface area contributed by atoms with Gasteiger partial charge in [0.05, 0.1) is 12.1 Å². The molecule has 1 aromatic rings. The normalized spacial score (nSPS) is 30.1. The van der Waals surface area contributed by atoms with E-state index in [0.717, 1.165) is 31.4 Å². The zero-order valence-corrected chi connectivity index (χ0v) is 12.9. The predicted octanol–water partition coefficient (Wildman–Crippen LogP) is 2.65. The molecule has 0 aliphatic carbocycles. The Balaban J connectivity index is 1.66. The van der Waals surface area contributed by atoms with Crippen LogP contribution in [-0.4, -0.2) is 40.1 Å². The van der Waals surface area contributed by atoms with Crippen molar-refractivity contribution in [1.29, 1.82) is 0 Å². The first kappa shape index (κ1) is 14.8. The minimum atomic E-state index is -0.203. The van der Waals surface area contributed by atoms with Crippen molar-refractivity contribution in [3.05, 3.63) is 29.3 Å². The van der Waals surface area contributed by atoms with Crippen LogP contribution < -0.4 is 5.32 Å². The third-order valence-corrected chi connectivity index (χ3v) is 4.96. The second-order valence-corrected chi connectivity index (χ2v) is 6.57. The van der Waals surface area contributed by atoms with Gasteiger partial charge in [-0.3, -0.25) is 9.69 Å². The smallest absolute Gasteiger partial charge is 0.241 e. The molecule has 2 saturated heterocycles. The van der Waals surface area contributed by atoms with Gasteiger partial charge >= 0.3 is 0 Å². The van der Waals surface area contributed by atoms with E-state index in [4.69, 9.17) is 11.6 Å². The number of hydrogen-bond donors (Lipinski definition) is 2. The Hall–Kier alpha value is -1.10. The fourth-order valence-corrected chi connectivity index (χ4v) is 3.86. The standard InChI is InChI=1S/C16H21ClN2O2/c1-10(16(21)18-12-4-2-11(17)3-5-12)19-13-6-7-14(19)9-15(20)8-13/h2-5,10,13-15,20H,6-9H2,1H3,(H,18,21). The van der Waals surface area contributed by atoms with E-state index in [2.05, 4.69) is 10.2 Å². The molecule has 4 nitrogen and oxygen atoms in total. The number of amides is 1. The molecule has 2 heterocycles. The number of carbonyl (C=O) groups is 1. The van der Waals surface area contributed by atoms with Gasteiger partial charge in [-0.25, -0.2) is 0 Å². The highest BCUT2D eigenvalue weighted by Gasteiger charge is 2.43. The molecule has 0 saturated carbocycles. The molecule has 2 aliphatic rings. The average Bonchev–Trinajstić information content (AvgIpc) is 2.72. The molecule has 0 spiro atoms. The minimum Gasteiger partial charge on any atom is -0.393 e. The van der Waals surface area contributed by atoms with Crippen molar-refractivity contribution in [2.75, 3.05) is 5.32 Å². The highest BCUT2D eigenvalue weighted by Crippen LogP contribution is 2.37. The van der Waals surface area contributed by atoms with Crippen LogP contribution in [0.5, 0.6) is 0 Å². The van der Waals surface area contributed by atoms with E-state index < -0.39 is 0 Å². The first-order valence-corrected chi connectivity index (χ1v) is 7.94. The number of benzene rings is 1. The van der Waals surface area contributed by atoms with E-state index in [1.807, 2.05) is 19.1 Å². The number of rotatable bonds is 3. The van der Waals surface area contributed by atoms with E-state index >= 15 is 0 Å². The van der Waals surface area contributed by atoms with Crippen molar-refractivity contribution in [2.45, 2.75) is 56.8 Å². The summed E-state index contributed by atoms with van der Waals surface area (Å²) in [4.78, 5) is 14.7. The van der Waals surface area contributed by atoms with Crippen LogP contribution in [-0.2, 0) is 4.79 Å². The summed E-state index contributed by atoms with van der Waals surface area (Å²) < 4.78 is 0. The predicted molar refractivity (Wildman–Crippen MR) is 83.4 cm³/mol. The molecule has 0 aromatic heterocycles. The van der Waals surface area contributed by atoms with E-state index in [1.54, 1.807) is 12.1 Å². The number of nitrogens with one attached hydrogen (secondary N) is 1. The number of fused-ring (bicyclic) bond motifs is 2. The fraction of sp³-hybridized carbons (Fsp3) is 0.562. The Kier molecular flexibility index (Phi) is 4.20. The molecule has 0 radical (unpaired) electrons. The van der Waals surface area contributed by atoms with Gasteiger partial charge in [0.1, 0.15) is 0 Å². The van der Waals surface area contributed by atoms with Crippen molar-refractivity contribution in [3.8, 4) is 0 Å². The highest BCUT2D eigenvalue weighted by atomic mass is 35.5. The van der Waals surface area contributed by atoms with Crippen LogP contribution in [0.1, 0.15) is 32.6 Å². The highest BCUT2D eigenvalue weighted by molar-refractivity contribution is 6.30. The molecule has 1 aromatic carbocycles. The Morgan fingerprint density at radius 3 is 2.43 bits per heavy atom. The first-order valence-electron chi connectivity index (χ1n) is 7.56. The monoisotopic (exact) mass is 308 g/mol. The van der Waals surface area contributed by atoms with Gasteiger partial charge in [0.15, 0.2) is 0 Å². The van der Waals surface area contributed by atoms with Crippen LogP contribution in [0.4, 0.5) is 5.69 Å². The van der Waals surface area contributed by atoms with E-state index in [-0.39, 0.29) is 18.1 Å². The zero-order chi connectivity index (χ0) is 15.0. The molecule has 114 valence electrons. The molecule has 2 fully saturated rings. The number of carbonyl (C=O) groups excluding carboxylic acids is 1. The van der Waals surface area contributed by atoms with E-state index in [9.17, 15) is 9.90 Å². The van der Waals surface area contributed by atoms with Gasteiger partial charge in [-0.05, 0) is 56.9 Å². The molecular weight excluding hydrogens is 288 g/mol. The van der Waals surface area contributed by atoms with Crippen molar-refractivity contribution in [2.24, 2.45) is 0 Å². The SMILES string of the molecule is CC(C(=O)Nc1ccc(Cl)cc1)N1C2CCC1CC(O)C2. The third kappa shape index (κ3) is 3.07. The molecule has 21 heavy (non-hydrogen) atoms. The topological polar surface area (TPSA) is 52.6 Å². The fourth-order valence-electron chi connectivity index (χ4n) is 3.73. The summed E-state index contributed by atoms with van der Waals surface area (Å²) >= 11 is 5.85. The van der Waals surface area contributed by atoms with Crippen molar-refractivity contribution in [3.63, 3.8) is 0 Å². The van der Waals surface area contributed by atoms with Gasteiger partial charge in [0.2, 0.25) is 5.91 Å². The second kappa shape index (κ2) is 5.95. The molecule has 2 N–H and O–H groups in total. The number of nitrogens with zero attached hydrogens (tertiary/aromatic N) is 1. The van der Waals surface area contributed by atoms with Gasteiger partial charge in [0.25, 0.3) is 0 Å². The van der Waals surface area contributed by atoms with Crippen LogP contribution in [0.2, 0.25) is 5.02 Å². The lowest BCUT2D eigenvalue weighted by Gasteiger charge is -2.40. The molecular formula is C16H21ClN2O2. The molecule has 2 aliphatic heterocycles. The molecule has 5 heteroatoms. The Morgan fingerprint density at radius 1 is 1.29 bits per heavy atom. The Bertz CT molecular complexity index is 506.